The molecule has 2 nitrogen and oxygen atoms in total. The Bertz CT molecular complexity index is 1000. The van der Waals surface area contributed by atoms with Gasteiger partial charge in [0.05, 0.1) is 0 Å². The number of hydrogen-bond donors (Lipinski definition) is 0. The van der Waals surface area contributed by atoms with Gasteiger partial charge in [-0.05, 0) is 0 Å². The molecule has 27 heavy (non-hydrogen) atoms. The molecule has 0 fully saturated rings. The summed E-state index contributed by atoms with van der Waals surface area (Å²) in [6, 6.07) is 11.7. The van der Waals surface area contributed by atoms with Crippen LogP contribution in [0, 0.1) is 23.3 Å². The Balaban J connectivity index is 1.81. The molecule has 2 aromatic carbocycles. The molecule has 2 aromatic heterocycles. The molecule has 4 rings (SSSR count). The van der Waals surface area contributed by atoms with E-state index in [0.29, 0.717) is 0 Å². The van der Waals surface area contributed by atoms with Crippen molar-refractivity contribution in [3.8, 4) is 11.4 Å². The third-order valence-electron chi connectivity index (χ3n) is 4.16. The molecule has 0 bridgehead atoms. The summed E-state index contributed by atoms with van der Waals surface area (Å²) >= 11 is -1.94. The summed E-state index contributed by atoms with van der Waals surface area (Å²) in [5, 5.41) is 0. The van der Waals surface area contributed by atoms with Crippen LogP contribution in [0.2, 0.25) is 0 Å². The van der Waals surface area contributed by atoms with Crippen LogP contribution in [-0.4, -0.2) is 9.13 Å². The summed E-state index contributed by atoms with van der Waals surface area (Å²) in [7, 11) is 0. The van der Waals surface area contributed by atoms with Crippen LogP contribution in [0.25, 0.3) is 11.4 Å². The van der Waals surface area contributed by atoms with E-state index in [1.807, 2.05) is 0 Å². The molecule has 7 heteroatoms. The van der Waals surface area contributed by atoms with E-state index >= 15 is 0 Å². The van der Waals surface area contributed by atoms with E-state index in [-0.39, 0.29) is 19.1 Å². The second kappa shape index (κ2) is 7.21. The van der Waals surface area contributed by atoms with E-state index in [0.717, 1.165) is 12.1 Å². The van der Waals surface area contributed by atoms with E-state index in [4.69, 9.17) is 0 Å². The van der Waals surface area contributed by atoms with Crippen molar-refractivity contribution in [1.82, 2.24) is 9.13 Å². The Kier molecular flexibility index (Phi) is 4.76. The Hall–Kier alpha value is -2.57. The van der Waals surface area contributed by atoms with E-state index in [1.165, 1.54) is 21.3 Å². The van der Waals surface area contributed by atoms with Gasteiger partial charge in [-0.25, -0.2) is 0 Å². The Morgan fingerprint density at radius 3 is 1.30 bits per heavy atom. The summed E-state index contributed by atoms with van der Waals surface area (Å²) < 4.78 is 61.0. The number of rotatable bonds is 4. The van der Waals surface area contributed by atoms with Gasteiger partial charge in [0.2, 0.25) is 0 Å². The molecular weight excluding hydrogens is 392 g/mol. The fourth-order valence-corrected chi connectivity index (χ4v) is 4.59. The molecule has 2 heterocycles. The van der Waals surface area contributed by atoms with Crippen molar-refractivity contribution >= 4 is 7.74 Å². The number of nitrogens with zero attached hydrogens (tertiary/aromatic N) is 2. The standard InChI is InChI=1S/2C10H6F2N.Ti/c2*11-8-3-4-10(9(12)7-8)13-5-1-2-6-13;/h2*1-6H;/q;;+2. The van der Waals surface area contributed by atoms with E-state index < -0.39 is 42.4 Å². The van der Waals surface area contributed by atoms with Crippen LogP contribution in [0.4, 0.5) is 17.6 Å². The fourth-order valence-electron chi connectivity index (χ4n) is 2.83. The molecule has 0 saturated heterocycles. The summed E-state index contributed by atoms with van der Waals surface area (Å²) in [6.45, 7) is 0. The normalized spacial score (nSPS) is 10.8. The van der Waals surface area contributed by atoms with E-state index in [9.17, 15) is 17.6 Å². The van der Waals surface area contributed by atoms with Crippen LogP contribution < -0.4 is 7.74 Å². The van der Waals surface area contributed by atoms with E-state index in [1.54, 1.807) is 49.1 Å². The van der Waals surface area contributed by atoms with Crippen LogP contribution in [-0.2, 0) is 19.2 Å². The van der Waals surface area contributed by atoms with Gasteiger partial charge >= 0.3 is 162 Å². The third kappa shape index (κ3) is 3.26. The number of aromatic nitrogens is 2. The fraction of sp³-hybridized carbons (Fsp3) is 0. The number of halogens is 4. The van der Waals surface area contributed by atoms with Gasteiger partial charge in [-0.2, -0.15) is 0 Å². The molecule has 0 atom stereocenters. The molecule has 0 unspecified atom stereocenters. The first-order chi connectivity index (χ1) is 13.1. The molecule has 0 N–H and O–H groups in total. The third-order valence-corrected chi connectivity index (χ3v) is 6.37. The van der Waals surface area contributed by atoms with Gasteiger partial charge in [-0.1, -0.05) is 0 Å². The van der Waals surface area contributed by atoms with Crippen molar-refractivity contribution in [3.63, 3.8) is 0 Å². The second-order valence-electron chi connectivity index (χ2n) is 5.82. The average Bonchev–Trinajstić information content (AvgIpc) is 3.35. The maximum atomic E-state index is 14.9. The first-order valence-electron chi connectivity index (χ1n) is 8.06. The van der Waals surface area contributed by atoms with Gasteiger partial charge in [0.25, 0.3) is 0 Å². The summed E-state index contributed by atoms with van der Waals surface area (Å²) in [5.74, 6) is -3.19. The molecule has 0 saturated carbocycles. The molecule has 132 valence electrons. The average molecular weight is 404 g/mol. The van der Waals surface area contributed by atoms with Crippen molar-refractivity contribution in [2.45, 2.75) is 0 Å². The quantitative estimate of drug-likeness (QED) is 0.361. The first kappa shape index (κ1) is 17.8. The van der Waals surface area contributed by atoms with Crippen molar-refractivity contribution in [1.29, 1.82) is 0 Å². The SMILES string of the molecule is Fc1ccc(-n2cccc2)c(F)[c]1[Ti+2][c]1c(F)ccc(-n2cccc2)c1F. The summed E-state index contributed by atoms with van der Waals surface area (Å²) in [5.41, 5.74) is 0.282. The molecule has 4 aromatic rings. The first-order valence-corrected chi connectivity index (χ1v) is 9.62. The Morgan fingerprint density at radius 2 is 0.926 bits per heavy atom. The van der Waals surface area contributed by atoms with Crippen LogP contribution in [0.3, 0.4) is 0 Å². The van der Waals surface area contributed by atoms with Gasteiger partial charge < -0.3 is 0 Å². The predicted octanol–water partition coefficient (Wildman–Crippen LogP) is 3.86. The molecule has 0 aliphatic rings. The van der Waals surface area contributed by atoms with Gasteiger partial charge in [0.15, 0.2) is 0 Å². The zero-order chi connectivity index (χ0) is 19.0. The van der Waals surface area contributed by atoms with Crippen molar-refractivity contribution in [2.75, 3.05) is 0 Å². The topological polar surface area (TPSA) is 9.86 Å². The maximum absolute atomic E-state index is 14.9. The number of hydrogen-bond acceptors (Lipinski definition) is 0. The Morgan fingerprint density at radius 1 is 0.556 bits per heavy atom. The molecular formula is C20H12F4N2Ti+2. The number of benzene rings is 2. The van der Waals surface area contributed by atoms with Crippen molar-refractivity contribution in [2.24, 2.45) is 0 Å². The molecule has 0 amide bonds. The monoisotopic (exact) mass is 404 g/mol. The molecule has 0 spiro atoms. The van der Waals surface area contributed by atoms with Crippen LogP contribution in [0.1, 0.15) is 0 Å². The molecule has 0 aliphatic carbocycles. The zero-order valence-electron chi connectivity index (χ0n) is 13.8. The predicted molar refractivity (Wildman–Crippen MR) is 90.6 cm³/mol. The summed E-state index contributed by atoms with van der Waals surface area (Å²) in [4.78, 5) is 0. The van der Waals surface area contributed by atoms with Gasteiger partial charge in [-0.3, -0.25) is 0 Å². The van der Waals surface area contributed by atoms with Crippen molar-refractivity contribution in [3.05, 3.63) is 96.6 Å². The van der Waals surface area contributed by atoms with Crippen LogP contribution in [0.5, 0.6) is 0 Å². The molecule has 0 radical (unpaired) electrons. The molecule has 0 aliphatic heterocycles. The second-order valence-corrected chi connectivity index (χ2v) is 7.77. The minimum absolute atomic E-state index is 0.141. The van der Waals surface area contributed by atoms with Crippen LogP contribution >= 0.6 is 0 Å². The summed E-state index contributed by atoms with van der Waals surface area (Å²) in [6.07, 6.45) is 6.48. The van der Waals surface area contributed by atoms with E-state index in [2.05, 4.69) is 0 Å². The van der Waals surface area contributed by atoms with Crippen LogP contribution in [0.15, 0.2) is 73.3 Å². The van der Waals surface area contributed by atoms with Gasteiger partial charge in [0.1, 0.15) is 0 Å². The Labute approximate surface area is 161 Å². The minimum atomic E-state index is -1.94. The van der Waals surface area contributed by atoms with Gasteiger partial charge in [-0.15, -0.1) is 0 Å². The van der Waals surface area contributed by atoms with Gasteiger partial charge in [0, 0.05) is 0 Å². The van der Waals surface area contributed by atoms with Crippen molar-refractivity contribution < 1.29 is 36.7 Å². The zero-order valence-corrected chi connectivity index (χ0v) is 15.4.